The van der Waals surface area contributed by atoms with Gasteiger partial charge >= 0.3 is 0 Å². The number of rotatable bonds is 1. The molecule has 0 saturated carbocycles. The second kappa shape index (κ2) is 3.83. The molecule has 0 spiro atoms. The van der Waals surface area contributed by atoms with E-state index in [2.05, 4.69) is 22.3 Å². The van der Waals surface area contributed by atoms with Gasteiger partial charge in [0, 0.05) is 18.5 Å². The molecule has 0 saturated heterocycles. The molecule has 96 valence electrons. The quantitative estimate of drug-likeness (QED) is 0.823. The van der Waals surface area contributed by atoms with Crippen molar-refractivity contribution in [1.82, 2.24) is 19.2 Å². The summed E-state index contributed by atoms with van der Waals surface area (Å²) in [5.74, 6) is 1.71. The summed E-state index contributed by atoms with van der Waals surface area (Å²) in [6, 6.07) is 0.348. The topological polar surface area (TPSA) is 64.2 Å². The first-order valence-corrected chi connectivity index (χ1v) is 6.33. The number of hydrogen-bond donors (Lipinski definition) is 1. The van der Waals surface area contributed by atoms with Gasteiger partial charge in [-0.1, -0.05) is 13.8 Å². The molecule has 1 atom stereocenters. The molecule has 0 bridgehead atoms. The van der Waals surface area contributed by atoms with Crippen LogP contribution in [0.15, 0.2) is 11.0 Å². The molecule has 6 heteroatoms. The smallest absolute Gasteiger partial charge is 0.280 e. The first-order chi connectivity index (χ1) is 8.58. The highest BCUT2D eigenvalue weighted by molar-refractivity contribution is 5.46. The summed E-state index contributed by atoms with van der Waals surface area (Å²) in [6.45, 7) is 6.90. The SMILES string of the molecule is CC1CCn2c(nn3c(C(C)C)ncc3c2=O)N1. The molecule has 0 fully saturated rings. The fraction of sp³-hybridized carbons (Fsp3) is 0.583. The average Bonchev–Trinajstić information content (AvgIpc) is 2.72. The Kier molecular flexibility index (Phi) is 2.39. The lowest BCUT2D eigenvalue weighted by atomic mass is 10.2. The van der Waals surface area contributed by atoms with Crippen molar-refractivity contribution in [2.24, 2.45) is 0 Å². The van der Waals surface area contributed by atoms with Crippen LogP contribution in [0.1, 0.15) is 38.9 Å². The first kappa shape index (κ1) is 11.3. The highest BCUT2D eigenvalue weighted by atomic mass is 16.1. The van der Waals surface area contributed by atoms with Crippen molar-refractivity contribution in [2.45, 2.75) is 45.7 Å². The number of hydrogen-bond acceptors (Lipinski definition) is 4. The summed E-state index contributed by atoms with van der Waals surface area (Å²) in [7, 11) is 0. The zero-order chi connectivity index (χ0) is 12.9. The molecule has 1 N–H and O–H groups in total. The van der Waals surface area contributed by atoms with E-state index in [1.807, 2.05) is 13.8 Å². The predicted octanol–water partition coefficient (Wildman–Crippen LogP) is 1.22. The van der Waals surface area contributed by atoms with E-state index in [9.17, 15) is 4.79 Å². The standard InChI is InChI=1S/C12H17N5O/c1-7(2)10-13-6-9-11(18)16-5-4-8(3)14-12(16)15-17(9)10/h6-8H,4-5H2,1-3H3,(H,14,15). The summed E-state index contributed by atoms with van der Waals surface area (Å²) in [4.78, 5) is 16.6. The van der Waals surface area contributed by atoms with Crippen molar-refractivity contribution in [3.8, 4) is 0 Å². The van der Waals surface area contributed by atoms with E-state index < -0.39 is 0 Å². The van der Waals surface area contributed by atoms with Crippen molar-refractivity contribution < 1.29 is 0 Å². The van der Waals surface area contributed by atoms with E-state index in [0.29, 0.717) is 24.1 Å². The number of nitrogens with zero attached hydrogens (tertiary/aromatic N) is 4. The van der Waals surface area contributed by atoms with E-state index >= 15 is 0 Å². The molecule has 2 aromatic heterocycles. The maximum Gasteiger partial charge on any atom is 0.280 e. The van der Waals surface area contributed by atoms with Crippen LogP contribution in [-0.4, -0.2) is 25.2 Å². The highest BCUT2D eigenvalue weighted by Crippen LogP contribution is 2.17. The number of anilines is 1. The van der Waals surface area contributed by atoms with Crippen molar-refractivity contribution in [1.29, 1.82) is 0 Å². The van der Waals surface area contributed by atoms with Gasteiger partial charge in [0.05, 0.1) is 6.20 Å². The Labute approximate surface area is 105 Å². The molecule has 2 aromatic rings. The van der Waals surface area contributed by atoms with Crippen LogP contribution in [0, 0.1) is 0 Å². The first-order valence-electron chi connectivity index (χ1n) is 6.33. The van der Waals surface area contributed by atoms with Crippen LogP contribution < -0.4 is 10.9 Å². The molecular weight excluding hydrogens is 230 g/mol. The van der Waals surface area contributed by atoms with Crippen molar-refractivity contribution in [3.05, 3.63) is 22.4 Å². The minimum atomic E-state index is -0.0150. The second-order valence-electron chi connectivity index (χ2n) is 5.18. The molecule has 1 aliphatic rings. The number of fused-ring (bicyclic) bond motifs is 2. The molecule has 0 amide bonds. The monoisotopic (exact) mass is 247 g/mol. The summed E-state index contributed by atoms with van der Waals surface area (Å²) < 4.78 is 3.37. The van der Waals surface area contributed by atoms with Gasteiger partial charge in [0.1, 0.15) is 5.82 Å². The maximum absolute atomic E-state index is 12.3. The Morgan fingerprint density at radius 2 is 2.28 bits per heavy atom. The summed E-state index contributed by atoms with van der Waals surface area (Å²) in [5.41, 5.74) is 0.539. The third-order valence-corrected chi connectivity index (χ3v) is 3.36. The van der Waals surface area contributed by atoms with E-state index in [1.165, 1.54) is 0 Å². The molecule has 1 aliphatic heterocycles. The van der Waals surface area contributed by atoms with E-state index in [0.717, 1.165) is 12.2 Å². The Hall–Kier alpha value is -1.85. The van der Waals surface area contributed by atoms with E-state index in [1.54, 1.807) is 15.3 Å². The number of imidazole rings is 1. The molecule has 3 rings (SSSR count). The zero-order valence-corrected chi connectivity index (χ0v) is 10.8. The Morgan fingerprint density at radius 3 is 3.00 bits per heavy atom. The van der Waals surface area contributed by atoms with Crippen LogP contribution in [0.4, 0.5) is 5.95 Å². The second-order valence-corrected chi connectivity index (χ2v) is 5.18. The van der Waals surface area contributed by atoms with Gasteiger partial charge in [-0.25, -0.2) is 9.50 Å². The minimum Gasteiger partial charge on any atom is -0.352 e. The lowest BCUT2D eigenvalue weighted by Gasteiger charge is -2.24. The van der Waals surface area contributed by atoms with Crippen molar-refractivity contribution in [3.63, 3.8) is 0 Å². The van der Waals surface area contributed by atoms with Gasteiger partial charge in [0.15, 0.2) is 5.52 Å². The Bertz CT molecular complexity index is 654. The molecule has 0 aliphatic carbocycles. The van der Waals surface area contributed by atoms with Crippen LogP contribution in [0.5, 0.6) is 0 Å². The average molecular weight is 247 g/mol. The highest BCUT2D eigenvalue weighted by Gasteiger charge is 2.20. The van der Waals surface area contributed by atoms with Gasteiger partial charge in [0.25, 0.3) is 5.56 Å². The Balaban J connectivity index is 2.29. The van der Waals surface area contributed by atoms with E-state index in [-0.39, 0.29) is 11.5 Å². The minimum absolute atomic E-state index is 0.0150. The largest absolute Gasteiger partial charge is 0.352 e. The van der Waals surface area contributed by atoms with E-state index in [4.69, 9.17) is 0 Å². The zero-order valence-electron chi connectivity index (χ0n) is 10.8. The molecular formula is C12H17N5O. The van der Waals surface area contributed by atoms with Gasteiger partial charge in [-0.3, -0.25) is 9.36 Å². The number of aromatic nitrogens is 4. The van der Waals surface area contributed by atoms with Gasteiger partial charge in [-0.15, -0.1) is 5.10 Å². The van der Waals surface area contributed by atoms with Crippen LogP contribution in [-0.2, 0) is 6.54 Å². The molecule has 3 heterocycles. The van der Waals surface area contributed by atoms with Gasteiger partial charge < -0.3 is 5.32 Å². The van der Waals surface area contributed by atoms with Crippen LogP contribution in [0.25, 0.3) is 5.52 Å². The van der Waals surface area contributed by atoms with Crippen LogP contribution in [0.3, 0.4) is 0 Å². The molecule has 0 radical (unpaired) electrons. The summed E-state index contributed by atoms with van der Waals surface area (Å²) in [6.07, 6.45) is 2.56. The van der Waals surface area contributed by atoms with Crippen LogP contribution in [0.2, 0.25) is 0 Å². The fourth-order valence-electron chi connectivity index (χ4n) is 2.32. The Morgan fingerprint density at radius 1 is 1.50 bits per heavy atom. The third-order valence-electron chi connectivity index (χ3n) is 3.36. The summed E-state index contributed by atoms with van der Waals surface area (Å²) >= 11 is 0. The fourth-order valence-corrected chi connectivity index (χ4v) is 2.32. The van der Waals surface area contributed by atoms with Gasteiger partial charge in [-0.05, 0) is 13.3 Å². The number of nitrogens with one attached hydrogen (secondary N) is 1. The third kappa shape index (κ3) is 1.52. The van der Waals surface area contributed by atoms with Crippen molar-refractivity contribution in [2.75, 3.05) is 5.32 Å². The molecule has 1 unspecified atom stereocenters. The summed E-state index contributed by atoms with van der Waals surface area (Å²) in [5, 5.41) is 7.77. The lowest BCUT2D eigenvalue weighted by molar-refractivity contribution is 0.520. The van der Waals surface area contributed by atoms with Crippen LogP contribution >= 0.6 is 0 Å². The van der Waals surface area contributed by atoms with Gasteiger partial charge in [0.2, 0.25) is 5.95 Å². The predicted molar refractivity (Wildman–Crippen MR) is 69.0 cm³/mol. The molecule has 6 nitrogen and oxygen atoms in total. The van der Waals surface area contributed by atoms with Gasteiger partial charge in [-0.2, -0.15) is 0 Å². The molecule has 18 heavy (non-hydrogen) atoms. The van der Waals surface area contributed by atoms with Crippen molar-refractivity contribution >= 4 is 11.5 Å². The maximum atomic E-state index is 12.3. The molecule has 0 aromatic carbocycles. The lowest BCUT2D eigenvalue weighted by Crippen LogP contribution is -2.35. The normalized spacial score (nSPS) is 19.0.